The topological polar surface area (TPSA) is 64.2 Å². The van der Waals surface area contributed by atoms with Crippen LogP contribution in [0.2, 0.25) is 5.02 Å². The largest absolute Gasteiger partial charge is 0.338 e. The molecule has 1 fully saturated rings. The van der Waals surface area contributed by atoms with E-state index in [1.54, 1.807) is 6.20 Å². The van der Waals surface area contributed by atoms with Gasteiger partial charge in [0, 0.05) is 24.2 Å². The Morgan fingerprint density at radius 1 is 1.27 bits per heavy atom. The van der Waals surface area contributed by atoms with Crippen LogP contribution in [0.4, 0.5) is 0 Å². The Hall–Kier alpha value is -1.85. The highest BCUT2D eigenvalue weighted by atomic mass is 35.5. The minimum atomic E-state index is 0.0549. The van der Waals surface area contributed by atoms with Crippen LogP contribution in [0.1, 0.15) is 55.6 Å². The van der Waals surface area contributed by atoms with Crippen LogP contribution in [0.15, 0.2) is 30.5 Å². The first-order chi connectivity index (χ1) is 12.4. The molecule has 2 aromatic rings. The molecule has 140 valence electrons. The number of amides is 1. The average Bonchev–Trinajstić information content (AvgIpc) is 3.07. The molecule has 0 bridgehead atoms. The Morgan fingerprint density at radius 3 is 2.58 bits per heavy atom. The van der Waals surface area contributed by atoms with Gasteiger partial charge >= 0.3 is 0 Å². The molecule has 2 heterocycles. The fourth-order valence-electron chi connectivity index (χ4n) is 3.66. The number of aromatic nitrogens is 2. The van der Waals surface area contributed by atoms with Crippen LogP contribution in [0.25, 0.3) is 5.69 Å². The molecule has 1 amide bonds. The molecule has 2 unspecified atom stereocenters. The van der Waals surface area contributed by atoms with Crippen LogP contribution in [0.3, 0.4) is 0 Å². The number of rotatable bonds is 4. The van der Waals surface area contributed by atoms with Crippen molar-refractivity contribution in [2.45, 2.75) is 45.6 Å². The highest BCUT2D eigenvalue weighted by Crippen LogP contribution is 2.27. The molecule has 3 rings (SSSR count). The standard InChI is InChI=1S/C20H27ClN4O/c1-13(2)19-18(11-23-25(19)17-8-6-16(21)7-9-17)20(26)24-10-4-5-15(12-24)14(3)22/h6-9,11,13-15H,4-5,10,12,22H2,1-3H3. The monoisotopic (exact) mass is 374 g/mol. The molecule has 26 heavy (non-hydrogen) atoms. The van der Waals surface area contributed by atoms with Crippen molar-refractivity contribution in [2.24, 2.45) is 11.7 Å². The number of carbonyl (C=O) groups excluding carboxylic acids is 1. The van der Waals surface area contributed by atoms with Crippen molar-refractivity contribution in [2.75, 3.05) is 13.1 Å². The van der Waals surface area contributed by atoms with E-state index in [1.807, 2.05) is 40.8 Å². The first kappa shape index (κ1) is 18.9. The Kier molecular flexibility index (Phi) is 5.68. The van der Waals surface area contributed by atoms with Crippen molar-refractivity contribution in [1.29, 1.82) is 0 Å². The average molecular weight is 375 g/mol. The number of nitrogens with two attached hydrogens (primary N) is 1. The van der Waals surface area contributed by atoms with Gasteiger partial charge < -0.3 is 10.6 Å². The van der Waals surface area contributed by atoms with Crippen molar-refractivity contribution in [3.8, 4) is 5.69 Å². The van der Waals surface area contributed by atoms with Gasteiger partial charge in [-0.3, -0.25) is 4.79 Å². The molecule has 5 nitrogen and oxygen atoms in total. The third-order valence-corrected chi connectivity index (χ3v) is 5.40. The Bertz CT molecular complexity index is 767. The number of likely N-dealkylation sites (tertiary alicyclic amines) is 1. The van der Waals surface area contributed by atoms with Crippen LogP contribution < -0.4 is 5.73 Å². The van der Waals surface area contributed by atoms with E-state index in [-0.39, 0.29) is 17.9 Å². The fourth-order valence-corrected chi connectivity index (χ4v) is 3.79. The van der Waals surface area contributed by atoms with Gasteiger partial charge in [-0.15, -0.1) is 0 Å². The van der Waals surface area contributed by atoms with Crippen LogP contribution in [-0.4, -0.2) is 39.7 Å². The third-order valence-electron chi connectivity index (χ3n) is 5.14. The number of carbonyl (C=O) groups is 1. The van der Waals surface area contributed by atoms with Crippen molar-refractivity contribution in [3.05, 3.63) is 46.7 Å². The Morgan fingerprint density at radius 2 is 1.96 bits per heavy atom. The minimum Gasteiger partial charge on any atom is -0.338 e. The maximum atomic E-state index is 13.2. The molecule has 2 N–H and O–H groups in total. The summed E-state index contributed by atoms with van der Waals surface area (Å²) in [6.07, 6.45) is 3.78. The molecule has 6 heteroatoms. The van der Waals surface area contributed by atoms with E-state index in [4.69, 9.17) is 17.3 Å². The van der Waals surface area contributed by atoms with Crippen LogP contribution in [-0.2, 0) is 0 Å². The number of hydrogen-bond acceptors (Lipinski definition) is 3. The predicted octanol–water partition coefficient (Wildman–Crippen LogP) is 3.85. The molecule has 1 aromatic carbocycles. The highest BCUT2D eigenvalue weighted by Gasteiger charge is 2.29. The second kappa shape index (κ2) is 7.80. The molecule has 1 saturated heterocycles. The van der Waals surface area contributed by atoms with E-state index >= 15 is 0 Å². The second-order valence-corrected chi connectivity index (χ2v) is 7.94. The molecule has 1 aliphatic rings. The minimum absolute atomic E-state index is 0.0549. The number of benzene rings is 1. The summed E-state index contributed by atoms with van der Waals surface area (Å²) < 4.78 is 1.85. The molecule has 2 atom stereocenters. The molecule has 0 spiro atoms. The van der Waals surface area contributed by atoms with Gasteiger partial charge in [-0.05, 0) is 55.9 Å². The quantitative estimate of drug-likeness (QED) is 0.884. The summed E-state index contributed by atoms with van der Waals surface area (Å²) in [4.78, 5) is 15.1. The predicted molar refractivity (Wildman–Crippen MR) is 105 cm³/mol. The normalized spacial score (nSPS) is 19.0. The van der Waals surface area contributed by atoms with Crippen molar-refractivity contribution < 1.29 is 4.79 Å². The maximum absolute atomic E-state index is 13.2. The number of hydrogen-bond donors (Lipinski definition) is 1. The summed E-state index contributed by atoms with van der Waals surface area (Å²) in [5.41, 5.74) is 8.59. The van der Waals surface area contributed by atoms with Gasteiger partial charge in [-0.25, -0.2) is 4.68 Å². The summed E-state index contributed by atoms with van der Waals surface area (Å²) in [5, 5.41) is 5.19. The maximum Gasteiger partial charge on any atom is 0.257 e. The van der Waals surface area contributed by atoms with Crippen molar-refractivity contribution >= 4 is 17.5 Å². The smallest absolute Gasteiger partial charge is 0.257 e. The first-order valence-corrected chi connectivity index (χ1v) is 9.65. The number of piperidine rings is 1. The molecule has 1 aliphatic heterocycles. The van der Waals surface area contributed by atoms with E-state index in [0.717, 1.165) is 37.3 Å². The molecule has 0 radical (unpaired) electrons. The van der Waals surface area contributed by atoms with E-state index in [2.05, 4.69) is 18.9 Å². The summed E-state index contributed by atoms with van der Waals surface area (Å²) in [7, 11) is 0. The van der Waals surface area contributed by atoms with Crippen molar-refractivity contribution in [1.82, 2.24) is 14.7 Å². The summed E-state index contributed by atoms with van der Waals surface area (Å²) in [6, 6.07) is 7.61. The van der Waals surface area contributed by atoms with Gasteiger partial charge in [-0.2, -0.15) is 5.10 Å². The fraction of sp³-hybridized carbons (Fsp3) is 0.500. The molecule has 0 saturated carbocycles. The lowest BCUT2D eigenvalue weighted by atomic mass is 9.91. The van der Waals surface area contributed by atoms with E-state index in [9.17, 15) is 4.79 Å². The van der Waals surface area contributed by atoms with E-state index < -0.39 is 0 Å². The number of nitrogens with zero attached hydrogens (tertiary/aromatic N) is 3. The first-order valence-electron chi connectivity index (χ1n) is 9.27. The van der Waals surface area contributed by atoms with Gasteiger partial charge in [0.15, 0.2) is 0 Å². The van der Waals surface area contributed by atoms with Gasteiger partial charge in [-0.1, -0.05) is 25.4 Å². The highest BCUT2D eigenvalue weighted by molar-refractivity contribution is 6.30. The summed E-state index contributed by atoms with van der Waals surface area (Å²) in [6.45, 7) is 7.70. The van der Waals surface area contributed by atoms with Crippen LogP contribution >= 0.6 is 11.6 Å². The zero-order valence-electron chi connectivity index (χ0n) is 15.7. The summed E-state index contributed by atoms with van der Waals surface area (Å²) in [5.74, 6) is 0.585. The Balaban J connectivity index is 1.92. The van der Waals surface area contributed by atoms with Gasteiger partial charge in [0.2, 0.25) is 0 Å². The molecular formula is C20H27ClN4O. The molecule has 1 aromatic heterocycles. The number of halogens is 1. The zero-order chi connectivity index (χ0) is 18.8. The van der Waals surface area contributed by atoms with Gasteiger partial charge in [0.25, 0.3) is 5.91 Å². The van der Waals surface area contributed by atoms with Crippen LogP contribution in [0.5, 0.6) is 0 Å². The zero-order valence-corrected chi connectivity index (χ0v) is 16.4. The second-order valence-electron chi connectivity index (χ2n) is 7.50. The van der Waals surface area contributed by atoms with Gasteiger partial charge in [0.05, 0.1) is 23.1 Å². The SMILES string of the molecule is CC(C)c1c(C(=O)N2CCCC(C(C)N)C2)cnn1-c1ccc(Cl)cc1. The lowest BCUT2D eigenvalue weighted by molar-refractivity contribution is 0.0659. The lowest BCUT2D eigenvalue weighted by Gasteiger charge is -2.34. The lowest BCUT2D eigenvalue weighted by Crippen LogP contribution is -2.45. The molecule has 0 aliphatic carbocycles. The van der Waals surface area contributed by atoms with E-state index in [0.29, 0.717) is 16.5 Å². The van der Waals surface area contributed by atoms with Crippen molar-refractivity contribution in [3.63, 3.8) is 0 Å². The Labute approximate surface area is 160 Å². The third kappa shape index (κ3) is 3.79. The van der Waals surface area contributed by atoms with Gasteiger partial charge in [0.1, 0.15) is 0 Å². The summed E-state index contributed by atoms with van der Waals surface area (Å²) >= 11 is 6.00. The van der Waals surface area contributed by atoms with Crippen LogP contribution in [0, 0.1) is 5.92 Å². The van der Waals surface area contributed by atoms with E-state index in [1.165, 1.54) is 0 Å². The molecular weight excluding hydrogens is 348 g/mol.